The Hall–Kier alpha value is -2.54. The topological polar surface area (TPSA) is 69.7 Å². The van der Waals surface area contributed by atoms with Crippen molar-refractivity contribution in [1.82, 2.24) is 5.32 Å². The molecule has 1 aliphatic rings. The number of carbonyl (C=O) groups excluding carboxylic acids is 1. The molecule has 6 nitrogen and oxygen atoms in total. The summed E-state index contributed by atoms with van der Waals surface area (Å²) in [7, 11) is -1.84. The fourth-order valence-electron chi connectivity index (χ4n) is 4.09. The number of nitrogens with zero attached hydrogens (tertiary/aromatic N) is 2. The summed E-state index contributed by atoms with van der Waals surface area (Å²) in [5.74, 6) is 0.539. The van der Waals surface area contributed by atoms with Crippen molar-refractivity contribution in [2.75, 3.05) is 35.6 Å². The summed E-state index contributed by atoms with van der Waals surface area (Å²) >= 11 is 0. The Morgan fingerprint density at radius 1 is 1.19 bits per heavy atom. The van der Waals surface area contributed by atoms with Crippen LogP contribution in [0.5, 0.6) is 0 Å². The Bertz CT molecular complexity index is 1030. The number of carbonyl (C=O) groups is 1. The number of benzene rings is 2. The van der Waals surface area contributed by atoms with Crippen LogP contribution < -0.4 is 14.5 Å². The second kappa shape index (κ2) is 9.30. The van der Waals surface area contributed by atoms with Gasteiger partial charge in [0, 0.05) is 31.4 Å². The Balaban J connectivity index is 1.67. The molecule has 1 N–H and O–H groups in total. The molecule has 0 saturated carbocycles. The second-order valence-electron chi connectivity index (χ2n) is 8.71. The van der Waals surface area contributed by atoms with Gasteiger partial charge in [0.25, 0.3) is 5.91 Å². The van der Waals surface area contributed by atoms with Gasteiger partial charge in [-0.25, -0.2) is 8.42 Å². The van der Waals surface area contributed by atoms with E-state index in [0.717, 1.165) is 36.4 Å². The van der Waals surface area contributed by atoms with E-state index in [-0.39, 0.29) is 11.9 Å². The first-order chi connectivity index (χ1) is 14.6. The van der Waals surface area contributed by atoms with Crippen LogP contribution in [0.15, 0.2) is 42.5 Å². The van der Waals surface area contributed by atoms with Gasteiger partial charge >= 0.3 is 0 Å². The molecule has 0 radical (unpaired) electrons. The van der Waals surface area contributed by atoms with Gasteiger partial charge < -0.3 is 10.2 Å². The van der Waals surface area contributed by atoms with Crippen molar-refractivity contribution >= 4 is 27.3 Å². The predicted octanol–water partition coefficient (Wildman–Crippen LogP) is 4.12. The normalized spacial score (nSPS) is 17.8. The number of anilines is 2. The number of rotatable bonds is 6. The SMILES string of the molecule is Cc1cc(C(=O)NC(C)c2ccc(N3CCCC(C)C3)cc2)ccc1N(C)S(C)(=O)=O. The summed E-state index contributed by atoms with van der Waals surface area (Å²) in [6.07, 6.45) is 3.68. The molecule has 3 rings (SSSR count). The van der Waals surface area contributed by atoms with Gasteiger partial charge in [0.2, 0.25) is 10.0 Å². The summed E-state index contributed by atoms with van der Waals surface area (Å²) in [6, 6.07) is 13.3. The quantitative estimate of drug-likeness (QED) is 0.729. The van der Waals surface area contributed by atoms with E-state index in [0.29, 0.717) is 11.3 Å². The fourth-order valence-corrected chi connectivity index (χ4v) is 4.65. The van der Waals surface area contributed by atoms with E-state index in [1.807, 2.05) is 6.92 Å². The lowest BCUT2D eigenvalue weighted by molar-refractivity contribution is 0.0940. The fraction of sp³-hybridized carbons (Fsp3) is 0.458. The molecule has 1 fully saturated rings. The third-order valence-electron chi connectivity index (χ3n) is 6.06. The van der Waals surface area contributed by atoms with Crippen LogP contribution in [-0.2, 0) is 10.0 Å². The van der Waals surface area contributed by atoms with Crippen LogP contribution in [0.4, 0.5) is 11.4 Å². The van der Waals surface area contributed by atoms with Crippen molar-refractivity contribution in [2.45, 2.75) is 39.7 Å². The minimum absolute atomic E-state index is 0.138. The largest absolute Gasteiger partial charge is 0.371 e. The summed E-state index contributed by atoms with van der Waals surface area (Å²) < 4.78 is 24.8. The lowest BCUT2D eigenvalue weighted by atomic mass is 9.99. The van der Waals surface area contributed by atoms with Crippen molar-refractivity contribution in [2.24, 2.45) is 5.92 Å². The van der Waals surface area contributed by atoms with E-state index < -0.39 is 10.0 Å². The molecule has 0 bridgehead atoms. The summed E-state index contributed by atoms with van der Waals surface area (Å²) in [4.78, 5) is 15.2. The Labute approximate surface area is 186 Å². The molecular weight excluding hydrogens is 410 g/mol. The van der Waals surface area contributed by atoms with Crippen molar-refractivity contribution in [3.8, 4) is 0 Å². The van der Waals surface area contributed by atoms with Crippen LogP contribution >= 0.6 is 0 Å². The van der Waals surface area contributed by atoms with Gasteiger partial charge in [-0.05, 0) is 74.1 Å². The monoisotopic (exact) mass is 443 g/mol. The van der Waals surface area contributed by atoms with Crippen LogP contribution in [0.2, 0.25) is 0 Å². The standard InChI is InChI=1S/C24H33N3O3S/c1-17-7-6-14-27(16-17)22-11-8-20(9-12-22)19(3)25-24(28)21-10-13-23(18(2)15-21)26(4)31(5,29)30/h8-13,15,17,19H,6-7,14,16H2,1-5H3,(H,25,28). The van der Waals surface area contributed by atoms with Crippen LogP contribution in [-0.4, -0.2) is 40.7 Å². The zero-order chi connectivity index (χ0) is 22.8. The van der Waals surface area contributed by atoms with Crippen LogP contribution in [0.3, 0.4) is 0 Å². The minimum atomic E-state index is -3.35. The van der Waals surface area contributed by atoms with Gasteiger partial charge in [0.05, 0.1) is 18.0 Å². The average Bonchev–Trinajstić information content (AvgIpc) is 2.72. The van der Waals surface area contributed by atoms with Crippen LogP contribution in [0.25, 0.3) is 0 Å². The molecule has 2 aromatic rings. The molecule has 1 aliphatic heterocycles. The molecule has 2 atom stereocenters. The molecule has 2 aromatic carbocycles. The van der Waals surface area contributed by atoms with Gasteiger partial charge in [-0.3, -0.25) is 9.10 Å². The minimum Gasteiger partial charge on any atom is -0.371 e. The number of nitrogens with one attached hydrogen (secondary N) is 1. The highest BCUT2D eigenvalue weighted by Crippen LogP contribution is 2.25. The molecule has 0 aliphatic carbocycles. The third kappa shape index (κ3) is 5.58. The van der Waals surface area contributed by atoms with E-state index in [4.69, 9.17) is 0 Å². The molecule has 1 saturated heterocycles. The van der Waals surface area contributed by atoms with Crippen molar-refractivity contribution < 1.29 is 13.2 Å². The van der Waals surface area contributed by atoms with E-state index in [1.165, 1.54) is 29.9 Å². The molecule has 31 heavy (non-hydrogen) atoms. The second-order valence-corrected chi connectivity index (χ2v) is 10.7. The Kier molecular flexibility index (Phi) is 6.94. The molecule has 1 heterocycles. The zero-order valence-corrected chi connectivity index (χ0v) is 19.9. The predicted molar refractivity (Wildman–Crippen MR) is 127 cm³/mol. The molecule has 168 valence electrons. The Morgan fingerprint density at radius 2 is 1.87 bits per heavy atom. The number of hydrogen-bond donors (Lipinski definition) is 1. The van der Waals surface area contributed by atoms with Crippen LogP contribution in [0, 0.1) is 12.8 Å². The van der Waals surface area contributed by atoms with E-state index in [9.17, 15) is 13.2 Å². The molecule has 2 unspecified atom stereocenters. The van der Waals surface area contributed by atoms with E-state index in [1.54, 1.807) is 25.1 Å². The molecular formula is C24H33N3O3S. The molecule has 7 heteroatoms. The van der Waals surface area contributed by atoms with Gasteiger partial charge in [-0.15, -0.1) is 0 Å². The van der Waals surface area contributed by atoms with Gasteiger partial charge in [-0.2, -0.15) is 0 Å². The third-order valence-corrected chi connectivity index (χ3v) is 7.25. The first-order valence-electron chi connectivity index (χ1n) is 10.8. The van der Waals surface area contributed by atoms with Crippen LogP contribution in [0.1, 0.15) is 54.2 Å². The van der Waals surface area contributed by atoms with E-state index in [2.05, 4.69) is 41.4 Å². The number of hydrogen-bond acceptors (Lipinski definition) is 4. The summed E-state index contributed by atoms with van der Waals surface area (Å²) in [6.45, 7) is 8.26. The lowest BCUT2D eigenvalue weighted by Gasteiger charge is -2.33. The summed E-state index contributed by atoms with van der Waals surface area (Å²) in [5, 5.41) is 3.04. The highest BCUT2D eigenvalue weighted by Gasteiger charge is 2.19. The smallest absolute Gasteiger partial charge is 0.251 e. The maximum atomic E-state index is 12.8. The zero-order valence-electron chi connectivity index (χ0n) is 19.1. The van der Waals surface area contributed by atoms with Gasteiger partial charge in [-0.1, -0.05) is 19.1 Å². The lowest BCUT2D eigenvalue weighted by Crippen LogP contribution is -2.34. The molecule has 0 aromatic heterocycles. The van der Waals surface area contributed by atoms with Crippen molar-refractivity contribution in [3.05, 3.63) is 59.2 Å². The molecule has 1 amide bonds. The molecule has 0 spiro atoms. The number of aryl methyl sites for hydroxylation is 1. The first-order valence-corrected chi connectivity index (χ1v) is 12.6. The highest BCUT2D eigenvalue weighted by molar-refractivity contribution is 7.92. The highest BCUT2D eigenvalue weighted by atomic mass is 32.2. The maximum absolute atomic E-state index is 12.8. The average molecular weight is 444 g/mol. The van der Waals surface area contributed by atoms with Gasteiger partial charge in [0.1, 0.15) is 0 Å². The van der Waals surface area contributed by atoms with Gasteiger partial charge in [0.15, 0.2) is 0 Å². The van der Waals surface area contributed by atoms with E-state index >= 15 is 0 Å². The maximum Gasteiger partial charge on any atom is 0.251 e. The Morgan fingerprint density at radius 3 is 2.45 bits per heavy atom. The number of piperidine rings is 1. The number of amides is 1. The number of sulfonamides is 1. The van der Waals surface area contributed by atoms with Crippen molar-refractivity contribution in [1.29, 1.82) is 0 Å². The summed E-state index contributed by atoms with van der Waals surface area (Å²) in [5.41, 5.74) is 4.08. The van der Waals surface area contributed by atoms with Crippen molar-refractivity contribution in [3.63, 3.8) is 0 Å². The first kappa shape index (κ1) is 23.1.